The third kappa shape index (κ3) is 14.2. The first-order valence-electron chi connectivity index (χ1n) is 15.6. The van der Waals surface area contributed by atoms with Crippen molar-refractivity contribution in [1.82, 2.24) is 4.67 Å². The first-order valence-corrected chi connectivity index (χ1v) is 23.3. The van der Waals surface area contributed by atoms with Gasteiger partial charge in [0.1, 0.15) is 12.7 Å². The molecule has 1 heterocycles. The largest absolute Gasteiger partial charge is 0.409 e. The first kappa shape index (κ1) is 42.3. The Labute approximate surface area is 269 Å². The van der Waals surface area contributed by atoms with Crippen LogP contribution >= 0.6 is 23.7 Å². The maximum absolute atomic E-state index is 13.7. The lowest BCUT2D eigenvalue weighted by Gasteiger charge is -2.41. The van der Waals surface area contributed by atoms with Gasteiger partial charge in [-0.3, -0.25) is 9.13 Å². The van der Waals surface area contributed by atoms with Crippen molar-refractivity contribution in [2.75, 3.05) is 59.0 Å². The van der Waals surface area contributed by atoms with Crippen molar-refractivity contribution < 1.29 is 45.4 Å². The van der Waals surface area contributed by atoms with Gasteiger partial charge in [0.2, 0.25) is 6.54 Å². The fourth-order valence-corrected chi connectivity index (χ4v) is 10.1. The van der Waals surface area contributed by atoms with Gasteiger partial charge in [-0.2, -0.15) is 0 Å². The topological polar surface area (TPSA) is 116 Å². The van der Waals surface area contributed by atoms with Crippen LogP contribution in [0.25, 0.3) is 4.85 Å². The normalized spacial score (nSPS) is 23.2. The van der Waals surface area contributed by atoms with Crippen LogP contribution < -0.4 is 0 Å². The molecule has 0 spiro atoms. The molecule has 0 bridgehead atoms. The van der Waals surface area contributed by atoms with Crippen LogP contribution in [-0.4, -0.2) is 102 Å². The van der Waals surface area contributed by atoms with Gasteiger partial charge >= 0.3 is 15.2 Å². The van der Waals surface area contributed by atoms with E-state index in [1.807, 2.05) is 0 Å². The quantitative estimate of drug-likeness (QED) is 0.0473. The van der Waals surface area contributed by atoms with E-state index >= 15 is 0 Å². The van der Waals surface area contributed by atoms with E-state index in [9.17, 15) is 9.13 Å². The average Bonchev–Trinajstić information content (AvgIpc) is 3.25. The Morgan fingerprint density at radius 3 is 2.11 bits per heavy atom. The number of ether oxygens (including phenoxy) is 1. The molecule has 0 radical (unpaired) electrons. The predicted molar refractivity (Wildman–Crippen MR) is 179 cm³/mol. The van der Waals surface area contributed by atoms with Crippen LogP contribution in [0, 0.1) is 6.57 Å². The van der Waals surface area contributed by atoms with E-state index in [0.717, 1.165) is 0 Å². The van der Waals surface area contributed by atoms with Gasteiger partial charge in [0.05, 0.1) is 51.4 Å². The molecule has 0 aromatic heterocycles. The summed E-state index contributed by atoms with van der Waals surface area (Å²) in [6.07, 6.45) is -0.890. The fraction of sp³-hybridized carbons (Fsp3) is 0.964. The van der Waals surface area contributed by atoms with Gasteiger partial charge in [0, 0.05) is 18.7 Å². The second kappa shape index (κ2) is 19.3. The van der Waals surface area contributed by atoms with Gasteiger partial charge in [-0.1, -0.05) is 20.8 Å². The Hall–Kier alpha value is 0.237. The van der Waals surface area contributed by atoms with Crippen molar-refractivity contribution >= 4 is 32.0 Å². The lowest BCUT2D eigenvalue weighted by molar-refractivity contribution is 0.0270. The molecule has 4 unspecified atom stereocenters. The Balaban J connectivity index is 3.22. The van der Waals surface area contributed by atoms with Crippen LogP contribution in [-0.2, 0) is 45.4 Å². The summed E-state index contributed by atoms with van der Waals surface area (Å²) in [5, 5.41) is -0.0282. The monoisotopic (exact) mass is 704 g/mol. The summed E-state index contributed by atoms with van der Waals surface area (Å²) in [6.45, 7) is 32.6. The molecular formula is C28H59N2O10P3Si. The lowest BCUT2D eigenvalue weighted by Crippen LogP contribution is -2.48. The second-order valence-electron chi connectivity index (χ2n) is 12.8. The van der Waals surface area contributed by atoms with Gasteiger partial charge < -0.3 is 41.2 Å². The minimum Gasteiger partial charge on any atom is -0.409 e. The molecule has 0 amide bonds. The van der Waals surface area contributed by atoms with Gasteiger partial charge in [-0.15, -0.1) is 0 Å². The second-order valence-corrected chi connectivity index (χ2v) is 23.2. The molecule has 44 heavy (non-hydrogen) atoms. The van der Waals surface area contributed by atoms with Crippen molar-refractivity contribution in [3.63, 3.8) is 0 Å². The molecule has 0 aliphatic carbocycles. The standard InChI is InChI=1S/C28H59N2O10P3Si/c1-14-35-42(11,31)37-19-20-38-43(32,36-15-2)21-16-25-27(26(22-33-25)40-44(12,13)28(7,8)9)39-41(34-18-17-29-10)30(23(3)4)24(5)6/h23-27H,14-22H2,1-9,11-13H3/t25-,26?,27+,41?,42?,43?/m1/s1. The van der Waals surface area contributed by atoms with Crippen LogP contribution in [0.15, 0.2) is 0 Å². The minimum absolute atomic E-state index is 0.0282. The summed E-state index contributed by atoms with van der Waals surface area (Å²) < 4.78 is 76.0. The maximum Gasteiger partial charge on any atom is 0.330 e. The minimum atomic E-state index is -3.54. The Morgan fingerprint density at radius 2 is 1.59 bits per heavy atom. The summed E-state index contributed by atoms with van der Waals surface area (Å²) in [4.78, 5) is 3.45. The lowest BCUT2D eigenvalue weighted by atomic mass is 10.1. The van der Waals surface area contributed by atoms with E-state index < -0.39 is 44.2 Å². The Bertz CT molecular complexity index is 968. The molecule has 6 atom stereocenters. The molecular weight excluding hydrogens is 645 g/mol. The van der Waals surface area contributed by atoms with Gasteiger partial charge in [-0.05, 0) is 66.1 Å². The highest BCUT2D eigenvalue weighted by Gasteiger charge is 2.48. The first-order chi connectivity index (χ1) is 20.3. The third-order valence-corrected chi connectivity index (χ3v) is 17.4. The van der Waals surface area contributed by atoms with E-state index in [1.54, 1.807) is 13.8 Å². The van der Waals surface area contributed by atoms with Crippen molar-refractivity contribution in [3.05, 3.63) is 11.4 Å². The molecule has 0 saturated carbocycles. The van der Waals surface area contributed by atoms with Crippen molar-refractivity contribution in [2.24, 2.45) is 0 Å². The zero-order valence-corrected chi connectivity index (χ0v) is 32.8. The summed E-state index contributed by atoms with van der Waals surface area (Å²) in [6, 6.07) is 0.258. The molecule has 12 nitrogen and oxygen atoms in total. The van der Waals surface area contributed by atoms with E-state index in [4.69, 9.17) is 42.9 Å². The molecule has 260 valence electrons. The zero-order chi connectivity index (χ0) is 33.8. The third-order valence-electron chi connectivity index (χ3n) is 7.40. The highest BCUT2D eigenvalue weighted by molar-refractivity contribution is 7.54. The van der Waals surface area contributed by atoms with Crippen LogP contribution in [0.1, 0.15) is 68.7 Å². The highest BCUT2D eigenvalue weighted by Crippen LogP contribution is 2.53. The molecule has 1 fully saturated rings. The molecule has 1 aliphatic heterocycles. The van der Waals surface area contributed by atoms with Crippen LogP contribution in [0.4, 0.5) is 0 Å². The van der Waals surface area contributed by atoms with Gasteiger partial charge in [0.25, 0.3) is 8.53 Å². The molecule has 1 aliphatic rings. The van der Waals surface area contributed by atoms with Crippen molar-refractivity contribution in [3.8, 4) is 0 Å². The molecule has 16 heteroatoms. The summed E-state index contributed by atoms with van der Waals surface area (Å²) in [5.41, 5.74) is 0. The Morgan fingerprint density at radius 1 is 1.00 bits per heavy atom. The number of nitrogens with zero attached hydrogens (tertiary/aromatic N) is 2. The number of hydrogen-bond donors (Lipinski definition) is 0. The van der Waals surface area contributed by atoms with E-state index in [2.05, 4.69) is 71.1 Å². The van der Waals surface area contributed by atoms with E-state index in [0.29, 0.717) is 13.0 Å². The smallest absolute Gasteiger partial charge is 0.330 e. The van der Waals surface area contributed by atoms with Crippen LogP contribution in [0.2, 0.25) is 18.1 Å². The van der Waals surface area contributed by atoms with Crippen molar-refractivity contribution in [2.45, 2.75) is 117 Å². The predicted octanol–water partition coefficient (Wildman–Crippen LogP) is 7.95. The SMILES string of the molecule is [C-]#[N+]CCOP(O[C@@H]1C(O[Si](C)(C)C(C)(C)C)CO[C@@H]1CCP(=O)(OCC)OCCOP(C)(=O)OCC)N(C(C)C)C(C)C. The van der Waals surface area contributed by atoms with E-state index in [-0.39, 0.29) is 69.0 Å². The molecule has 1 rings (SSSR count). The van der Waals surface area contributed by atoms with Gasteiger partial charge in [0.15, 0.2) is 8.32 Å². The van der Waals surface area contributed by atoms with Gasteiger partial charge in [-0.25, -0.2) is 11.2 Å². The van der Waals surface area contributed by atoms with Crippen LogP contribution in [0.5, 0.6) is 0 Å². The van der Waals surface area contributed by atoms with E-state index in [1.165, 1.54) is 6.66 Å². The zero-order valence-electron chi connectivity index (χ0n) is 29.1. The van der Waals surface area contributed by atoms with Crippen LogP contribution in [0.3, 0.4) is 0 Å². The summed E-state index contributed by atoms with van der Waals surface area (Å²) in [7, 11) is -10.5. The molecule has 0 aromatic carbocycles. The highest BCUT2D eigenvalue weighted by atomic mass is 31.2. The Kier molecular flexibility index (Phi) is 18.5. The maximum atomic E-state index is 13.7. The fourth-order valence-electron chi connectivity index (χ4n) is 4.38. The molecule has 0 N–H and O–H groups in total. The molecule has 0 aromatic rings. The number of hydrogen-bond acceptors (Lipinski definition) is 11. The molecule has 1 saturated heterocycles. The average molecular weight is 705 g/mol. The number of rotatable bonds is 22. The summed E-state index contributed by atoms with van der Waals surface area (Å²) >= 11 is 0. The van der Waals surface area contributed by atoms with Crippen molar-refractivity contribution in [1.29, 1.82) is 0 Å². The summed E-state index contributed by atoms with van der Waals surface area (Å²) in [5.74, 6) is 0.